The van der Waals surface area contributed by atoms with Gasteiger partial charge in [0.05, 0.1) is 12.1 Å². The van der Waals surface area contributed by atoms with Gasteiger partial charge in [-0.2, -0.15) is 5.10 Å². The molecule has 2 aromatic heterocycles. The molecule has 0 unspecified atom stereocenters. The molecular formula is C13H17N3OS. The van der Waals surface area contributed by atoms with E-state index in [9.17, 15) is 4.79 Å². The molecule has 4 nitrogen and oxygen atoms in total. The molecule has 5 heteroatoms. The Morgan fingerprint density at radius 1 is 1.33 bits per heavy atom. The number of carbonyl (C=O) groups excluding carboxylic acids is 1. The molecule has 2 heterocycles. The fraction of sp³-hybridized carbons (Fsp3) is 0.462. The Morgan fingerprint density at radius 3 is 2.56 bits per heavy atom. The summed E-state index contributed by atoms with van der Waals surface area (Å²) in [6, 6.07) is 0. The normalized spacial score (nSPS) is 10.9. The Balaban J connectivity index is 2.07. The molecule has 2 rings (SSSR count). The number of thiazole rings is 1. The summed E-state index contributed by atoms with van der Waals surface area (Å²) in [7, 11) is 1.90. The van der Waals surface area contributed by atoms with Crippen molar-refractivity contribution in [2.75, 3.05) is 0 Å². The molecule has 0 saturated heterocycles. The zero-order valence-corrected chi connectivity index (χ0v) is 12.0. The number of Topliss-reactive ketones (excluding diaryl/α,β-unsaturated/α-hetero) is 1. The molecule has 96 valence electrons. The van der Waals surface area contributed by atoms with Crippen LogP contribution in [0, 0.1) is 20.8 Å². The third kappa shape index (κ3) is 2.67. The van der Waals surface area contributed by atoms with E-state index < -0.39 is 0 Å². The van der Waals surface area contributed by atoms with Crippen molar-refractivity contribution in [3.8, 4) is 0 Å². The van der Waals surface area contributed by atoms with Crippen LogP contribution >= 0.6 is 11.3 Å². The van der Waals surface area contributed by atoms with E-state index in [1.807, 2.05) is 37.9 Å². The Bertz CT molecular complexity index is 583. The van der Waals surface area contributed by atoms with Gasteiger partial charge in [0.25, 0.3) is 0 Å². The van der Waals surface area contributed by atoms with Gasteiger partial charge in [0, 0.05) is 35.8 Å². The summed E-state index contributed by atoms with van der Waals surface area (Å²) in [6.45, 7) is 5.89. The van der Waals surface area contributed by atoms with Gasteiger partial charge in [-0.05, 0) is 20.8 Å². The number of ketones is 1. The highest BCUT2D eigenvalue weighted by molar-refractivity contribution is 7.09. The van der Waals surface area contributed by atoms with Crippen molar-refractivity contribution in [1.29, 1.82) is 0 Å². The van der Waals surface area contributed by atoms with E-state index in [0.29, 0.717) is 12.8 Å². The molecule has 0 aromatic carbocycles. The molecule has 0 aliphatic heterocycles. The van der Waals surface area contributed by atoms with Crippen molar-refractivity contribution >= 4 is 17.1 Å². The van der Waals surface area contributed by atoms with E-state index in [-0.39, 0.29) is 5.78 Å². The number of aromatic nitrogens is 3. The third-order valence-corrected chi connectivity index (χ3v) is 4.01. The fourth-order valence-electron chi connectivity index (χ4n) is 1.99. The summed E-state index contributed by atoms with van der Waals surface area (Å²) in [5.41, 5.74) is 4.04. The molecular weight excluding hydrogens is 246 g/mol. The molecule has 0 amide bonds. The van der Waals surface area contributed by atoms with Crippen molar-refractivity contribution in [3.05, 3.63) is 33.0 Å². The minimum absolute atomic E-state index is 0.198. The lowest BCUT2D eigenvalue weighted by molar-refractivity contribution is -0.117. The van der Waals surface area contributed by atoms with Gasteiger partial charge in [-0.15, -0.1) is 11.3 Å². The molecule has 0 N–H and O–H groups in total. The van der Waals surface area contributed by atoms with E-state index in [4.69, 9.17) is 0 Å². The number of rotatable bonds is 4. The summed E-state index contributed by atoms with van der Waals surface area (Å²) >= 11 is 1.55. The standard InChI is InChI=1S/C13H17N3OS/c1-8-7-18-13(14-8)6-11(17)5-12-9(2)15-16(4)10(12)3/h7H,5-6H2,1-4H3. The molecule has 0 bridgehead atoms. The lowest BCUT2D eigenvalue weighted by Gasteiger charge is -2.00. The predicted octanol–water partition coefficient (Wildman–Crippen LogP) is 2.16. The van der Waals surface area contributed by atoms with Crippen LogP contribution in [0.1, 0.15) is 27.7 Å². The van der Waals surface area contributed by atoms with Gasteiger partial charge < -0.3 is 0 Å². The Hall–Kier alpha value is -1.49. The Labute approximate surface area is 111 Å². The molecule has 0 spiro atoms. The highest BCUT2D eigenvalue weighted by Crippen LogP contribution is 2.15. The van der Waals surface area contributed by atoms with Gasteiger partial charge in [-0.3, -0.25) is 9.48 Å². The molecule has 0 saturated carbocycles. The topological polar surface area (TPSA) is 47.8 Å². The van der Waals surface area contributed by atoms with Crippen LogP contribution in [-0.4, -0.2) is 20.5 Å². The largest absolute Gasteiger partial charge is 0.299 e. The number of hydrogen-bond acceptors (Lipinski definition) is 4. The van der Waals surface area contributed by atoms with Crippen LogP contribution < -0.4 is 0 Å². The third-order valence-electron chi connectivity index (χ3n) is 3.05. The molecule has 0 aliphatic carbocycles. The lowest BCUT2D eigenvalue weighted by atomic mass is 10.1. The quantitative estimate of drug-likeness (QED) is 0.849. The summed E-state index contributed by atoms with van der Waals surface area (Å²) in [6.07, 6.45) is 0.871. The minimum atomic E-state index is 0.198. The summed E-state index contributed by atoms with van der Waals surface area (Å²) < 4.78 is 1.82. The monoisotopic (exact) mass is 263 g/mol. The first-order chi connectivity index (χ1) is 8.47. The first-order valence-electron chi connectivity index (χ1n) is 5.89. The SMILES string of the molecule is Cc1csc(CC(=O)Cc2c(C)nn(C)c2C)n1. The maximum atomic E-state index is 12.0. The maximum Gasteiger partial charge on any atom is 0.144 e. The van der Waals surface area contributed by atoms with Gasteiger partial charge in [0.1, 0.15) is 10.8 Å². The second kappa shape index (κ2) is 5.02. The van der Waals surface area contributed by atoms with Crippen LogP contribution in [0.25, 0.3) is 0 Å². The van der Waals surface area contributed by atoms with Crippen molar-refractivity contribution < 1.29 is 4.79 Å². The van der Waals surface area contributed by atoms with Crippen LogP contribution in [0.4, 0.5) is 0 Å². The average Bonchev–Trinajstić information content (AvgIpc) is 2.78. The molecule has 0 radical (unpaired) electrons. The van der Waals surface area contributed by atoms with Crippen molar-refractivity contribution in [3.63, 3.8) is 0 Å². The van der Waals surface area contributed by atoms with Crippen LogP contribution in [0.5, 0.6) is 0 Å². The van der Waals surface area contributed by atoms with Gasteiger partial charge in [0.2, 0.25) is 0 Å². The molecule has 18 heavy (non-hydrogen) atoms. The smallest absolute Gasteiger partial charge is 0.144 e. The van der Waals surface area contributed by atoms with Gasteiger partial charge in [0.15, 0.2) is 0 Å². The van der Waals surface area contributed by atoms with Crippen LogP contribution in [-0.2, 0) is 24.7 Å². The number of aryl methyl sites for hydroxylation is 3. The highest BCUT2D eigenvalue weighted by atomic mass is 32.1. The minimum Gasteiger partial charge on any atom is -0.299 e. The van der Waals surface area contributed by atoms with E-state index >= 15 is 0 Å². The van der Waals surface area contributed by atoms with Crippen LogP contribution in [0.3, 0.4) is 0 Å². The Morgan fingerprint density at radius 2 is 2.06 bits per heavy atom. The maximum absolute atomic E-state index is 12.0. The first kappa shape index (κ1) is 13.0. The zero-order chi connectivity index (χ0) is 13.3. The average molecular weight is 263 g/mol. The van der Waals surface area contributed by atoms with E-state index in [1.165, 1.54) is 0 Å². The van der Waals surface area contributed by atoms with Crippen molar-refractivity contribution in [1.82, 2.24) is 14.8 Å². The van der Waals surface area contributed by atoms with Crippen molar-refractivity contribution in [2.24, 2.45) is 7.05 Å². The summed E-state index contributed by atoms with van der Waals surface area (Å²) in [4.78, 5) is 16.4. The van der Waals surface area contributed by atoms with Gasteiger partial charge in [-0.1, -0.05) is 0 Å². The van der Waals surface area contributed by atoms with Gasteiger partial charge in [-0.25, -0.2) is 4.98 Å². The fourth-order valence-corrected chi connectivity index (χ4v) is 2.79. The van der Waals surface area contributed by atoms with E-state index in [1.54, 1.807) is 11.3 Å². The number of nitrogens with zero attached hydrogens (tertiary/aromatic N) is 3. The van der Waals surface area contributed by atoms with Crippen LogP contribution in [0.15, 0.2) is 5.38 Å². The molecule has 0 atom stereocenters. The second-order valence-corrected chi connectivity index (χ2v) is 5.49. The predicted molar refractivity (Wildman–Crippen MR) is 71.9 cm³/mol. The van der Waals surface area contributed by atoms with Gasteiger partial charge >= 0.3 is 0 Å². The van der Waals surface area contributed by atoms with E-state index in [2.05, 4.69) is 10.1 Å². The number of carbonyl (C=O) groups is 1. The molecule has 2 aromatic rings. The van der Waals surface area contributed by atoms with Crippen molar-refractivity contribution in [2.45, 2.75) is 33.6 Å². The molecule has 0 fully saturated rings. The zero-order valence-electron chi connectivity index (χ0n) is 11.1. The molecule has 0 aliphatic rings. The van der Waals surface area contributed by atoms with E-state index in [0.717, 1.165) is 27.7 Å². The lowest BCUT2D eigenvalue weighted by Crippen LogP contribution is -2.08. The Kier molecular flexibility index (Phi) is 3.61. The van der Waals surface area contributed by atoms with Crippen LogP contribution in [0.2, 0.25) is 0 Å². The summed E-state index contributed by atoms with van der Waals surface area (Å²) in [5.74, 6) is 0.198. The summed E-state index contributed by atoms with van der Waals surface area (Å²) in [5, 5.41) is 7.20. The number of hydrogen-bond donors (Lipinski definition) is 0. The highest BCUT2D eigenvalue weighted by Gasteiger charge is 2.14. The second-order valence-electron chi connectivity index (χ2n) is 4.55. The first-order valence-corrected chi connectivity index (χ1v) is 6.77.